The van der Waals surface area contributed by atoms with Crippen LogP contribution in [0.5, 0.6) is 0 Å². The molecule has 1 aliphatic heterocycles. The van der Waals surface area contributed by atoms with Gasteiger partial charge in [0.25, 0.3) is 5.91 Å². The zero-order valence-corrected chi connectivity index (χ0v) is 9.89. The molecule has 0 radical (unpaired) electrons. The number of hydrogen-bond donors (Lipinski definition) is 2. The number of thiazole rings is 1. The number of aliphatic hydroxyl groups is 1. The summed E-state index contributed by atoms with van der Waals surface area (Å²) in [7, 11) is 0. The van der Waals surface area contributed by atoms with Crippen molar-refractivity contribution in [2.24, 2.45) is 5.73 Å². The van der Waals surface area contributed by atoms with Crippen LogP contribution in [0.3, 0.4) is 0 Å². The van der Waals surface area contributed by atoms with Gasteiger partial charge in [-0.2, -0.15) is 0 Å². The van der Waals surface area contributed by atoms with Gasteiger partial charge in [-0.05, 0) is 12.8 Å². The van der Waals surface area contributed by atoms with Crippen LogP contribution in [0.15, 0.2) is 11.6 Å². The fraction of sp³-hybridized carbons (Fsp3) is 0.500. The van der Waals surface area contributed by atoms with Crippen molar-refractivity contribution in [2.45, 2.75) is 25.0 Å². The summed E-state index contributed by atoms with van der Waals surface area (Å²) in [5.74, 6) is -1.02. The minimum Gasteiger partial charge on any atom is -0.376 e. The van der Waals surface area contributed by atoms with Crippen LogP contribution in [0.25, 0.3) is 0 Å². The molecule has 3 N–H and O–H groups in total. The number of nitrogens with two attached hydrogens (primary N) is 1. The van der Waals surface area contributed by atoms with E-state index >= 15 is 0 Å². The van der Waals surface area contributed by atoms with E-state index in [1.165, 1.54) is 22.4 Å². The molecule has 2 rings (SSSR count). The van der Waals surface area contributed by atoms with Crippen molar-refractivity contribution < 1.29 is 14.7 Å². The molecule has 92 valence electrons. The molecule has 17 heavy (non-hydrogen) atoms. The number of likely N-dealkylation sites (tertiary alicyclic amines) is 1. The van der Waals surface area contributed by atoms with Crippen molar-refractivity contribution in [1.29, 1.82) is 0 Å². The summed E-state index contributed by atoms with van der Waals surface area (Å²) in [6, 6.07) is -0.600. The zero-order chi connectivity index (χ0) is 12.4. The third kappa shape index (κ3) is 2.29. The Kier molecular flexibility index (Phi) is 3.39. The summed E-state index contributed by atoms with van der Waals surface area (Å²) in [4.78, 5) is 28.4. The topological polar surface area (TPSA) is 96.5 Å². The Hall–Kier alpha value is -1.47. The number of rotatable bonds is 3. The largest absolute Gasteiger partial charge is 0.376 e. The van der Waals surface area contributed by atoms with E-state index < -0.39 is 24.0 Å². The van der Waals surface area contributed by atoms with Crippen LogP contribution in [0.4, 0.5) is 0 Å². The summed E-state index contributed by atoms with van der Waals surface area (Å²) in [6.07, 6.45) is 1.51. The fourth-order valence-corrected chi connectivity index (χ4v) is 2.57. The van der Waals surface area contributed by atoms with E-state index in [0.29, 0.717) is 18.0 Å². The molecule has 1 aromatic heterocycles. The average Bonchev–Trinajstić information content (AvgIpc) is 2.97. The number of nitrogens with zero attached hydrogens (tertiary/aromatic N) is 2. The van der Waals surface area contributed by atoms with Crippen LogP contribution in [-0.2, 0) is 9.59 Å². The van der Waals surface area contributed by atoms with Crippen LogP contribution < -0.4 is 5.73 Å². The molecular weight excluding hydrogens is 242 g/mol. The molecule has 2 heterocycles. The third-order valence-electron chi connectivity index (χ3n) is 2.78. The van der Waals surface area contributed by atoms with Gasteiger partial charge in [0.15, 0.2) is 6.10 Å². The van der Waals surface area contributed by atoms with Crippen molar-refractivity contribution in [2.75, 3.05) is 6.54 Å². The van der Waals surface area contributed by atoms with Gasteiger partial charge < -0.3 is 15.7 Å². The van der Waals surface area contributed by atoms with Gasteiger partial charge in [0, 0.05) is 18.1 Å². The Morgan fingerprint density at radius 1 is 1.65 bits per heavy atom. The van der Waals surface area contributed by atoms with Crippen molar-refractivity contribution >= 4 is 23.2 Å². The molecule has 1 aliphatic rings. The zero-order valence-electron chi connectivity index (χ0n) is 9.07. The van der Waals surface area contributed by atoms with Gasteiger partial charge in [-0.15, -0.1) is 11.3 Å². The Labute approximate surface area is 102 Å². The van der Waals surface area contributed by atoms with E-state index in [0.717, 1.165) is 6.42 Å². The number of carbonyl (C=O) groups is 2. The second-order valence-corrected chi connectivity index (χ2v) is 4.79. The van der Waals surface area contributed by atoms with E-state index in [1.54, 1.807) is 5.38 Å². The fourth-order valence-electron chi connectivity index (χ4n) is 1.96. The summed E-state index contributed by atoms with van der Waals surface area (Å²) in [5.41, 5.74) is 5.22. The molecular formula is C10H13N3O3S. The molecule has 0 aromatic carbocycles. The predicted molar refractivity (Wildman–Crippen MR) is 61.0 cm³/mol. The molecule has 0 spiro atoms. The maximum Gasteiger partial charge on any atom is 0.259 e. The molecule has 1 fully saturated rings. The quantitative estimate of drug-likeness (QED) is 0.771. The summed E-state index contributed by atoms with van der Waals surface area (Å²) >= 11 is 1.20. The van der Waals surface area contributed by atoms with Crippen molar-refractivity contribution in [3.8, 4) is 0 Å². The van der Waals surface area contributed by atoms with Crippen molar-refractivity contribution in [3.63, 3.8) is 0 Å². The summed E-state index contributed by atoms with van der Waals surface area (Å²) in [6.45, 7) is 0.453. The highest BCUT2D eigenvalue weighted by molar-refractivity contribution is 7.09. The lowest BCUT2D eigenvalue weighted by molar-refractivity contribution is -0.144. The highest BCUT2D eigenvalue weighted by Gasteiger charge is 2.36. The molecule has 0 bridgehead atoms. The first kappa shape index (κ1) is 12.0. The van der Waals surface area contributed by atoms with Crippen LogP contribution >= 0.6 is 11.3 Å². The lowest BCUT2D eigenvalue weighted by Crippen LogP contribution is -2.45. The van der Waals surface area contributed by atoms with Gasteiger partial charge in [-0.1, -0.05) is 0 Å². The van der Waals surface area contributed by atoms with E-state index in [9.17, 15) is 14.7 Å². The number of carbonyl (C=O) groups excluding carboxylic acids is 2. The monoisotopic (exact) mass is 255 g/mol. The van der Waals surface area contributed by atoms with Gasteiger partial charge in [0.1, 0.15) is 11.0 Å². The number of primary amides is 1. The van der Waals surface area contributed by atoms with E-state index in [4.69, 9.17) is 5.73 Å². The van der Waals surface area contributed by atoms with Gasteiger partial charge in [-0.25, -0.2) is 4.98 Å². The van der Waals surface area contributed by atoms with Crippen LogP contribution in [-0.4, -0.2) is 39.4 Å². The standard InChI is InChI=1S/C10H13N3O3S/c11-8(15)6-2-1-4-13(6)10(16)7(14)9-12-3-5-17-9/h3,5-7,14H,1-2,4H2,(H2,11,15). The van der Waals surface area contributed by atoms with Crippen LogP contribution in [0, 0.1) is 0 Å². The minimum atomic E-state index is -1.30. The summed E-state index contributed by atoms with van der Waals surface area (Å²) in [5, 5.41) is 11.9. The Morgan fingerprint density at radius 2 is 2.41 bits per heavy atom. The molecule has 2 atom stereocenters. The van der Waals surface area contributed by atoms with Crippen LogP contribution in [0.2, 0.25) is 0 Å². The number of hydrogen-bond acceptors (Lipinski definition) is 5. The smallest absolute Gasteiger partial charge is 0.259 e. The molecule has 0 saturated carbocycles. The second kappa shape index (κ2) is 4.80. The van der Waals surface area contributed by atoms with Crippen LogP contribution in [0.1, 0.15) is 24.0 Å². The molecule has 2 unspecified atom stereocenters. The highest BCUT2D eigenvalue weighted by Crippen LogP contribution is 2.24. The number of aliphatic hydroxyl groups excluding tert-OH is 1. The maximum absolute atomic E-state index is 12.0. The van der Waals surface area contributed by atoms with Gasteiger partial charge in [0.05, 0.1) is 0 Å². The minimum absolute atomic E-state index is 0.338. The lowest BCUT2D eigenvalue weighted by Gasteiger charge is -2.23. The predicted octanol–water partition coefficient (Wildman–Crippen LogP) is -0.347. The van der Waals surface area contributed by atoms with Gasteiger partial charge in [-0.3, -0.25) is 9.59 Å². The Bertz CT molecular complexity index is 420. The van der Waals surface area contributed by atoms with Crippen molar-refractivity contribution in [1.82, 2.24) is 9.88 Å². The molecule has 1 aromatic rings. The molecule has 2 amide bonds. The summed E-state index contributed by atoms with van der Waals surface area (Å²) < 4.78 is 0. The second-order valence-electron chi connectivity index (χ2n) is 3.86. The first-order valence-corrected chi connectivity index (χ1v) is 6.16. The van der Waals surface area contributed by atoms with Crippen molar-refractivity contribution in [3.05, 3.63) is 16.6 Å². The third-order valence-corrected chi connectivity index (χ3v) is 3.61. The van der Waals surface area contributed by atoms with E-state index in [-0.39, 0.29) is 0 Å². The average molecular weight is 255 g/mol. The lowest BCUT2D eigenvalue weighted by atomic mass is 10.2. The molecule has 0 aliphatic carbocycles. The van der Waals surface area contributed by atoms with Gasteiger partial charge >= 0.3 is 0 Å². The Morgan fingerprint density at radius 3 is 3.00 bits per heavy atom. The SMILES string of the molecule is NC(=O)C1CCCN1C(=O)C(O)c1nccs1. The molecule has 1 saturated heterocycles. The number of amides is 2. The maximum atomic E-state index is 12.0. The Balaban J connectivity index is 2.12. The first-order valence-electron chi connectivity index (χ1n) is 5.28. The molecule has 7 heteroatoms. The van der Waals surface area contributed by atoms with Gasteiger partial charge in [0.2, 0.25) is 5.91 Å². The molecule has 6 nitrogen and oxygen atoms in total. The highest BCUT2D eigenvalue weighted by atomic mass is 32.1. The first-order chi connectivity index (χ1) is 8.11. The van der Waals surface area contributed by atoms with E-state index in [1.807, 2.05) is 0 Å². The van der Waals surface area contributed by atoms with E-state index in [2.05, 4.69) is 4.98 Å². The number of aromatic nitrogens is 1. The normalized spacial score (nSPS) is 21.5.